The lowest BCUT2D eigenvalue weighted by molar-refractivity contribution is -0.124. The maximum absolute atomic E-state index is 12.7. The number of aryl methyl sites for hydroxylation is 1. The molecule has 1 amide bonds. The molecule has 0 radical (unpaired) electrons. The minimum atomic E-state index is -3.18. The van der Waals surface area contributed by atoms with Gasteiger partial charge in [0.25, 0.3) is 0 Å². The number of β-lactam (4-membered cyclic amide) rings is 1. The molecule has 51 heavy (non-hydrogen) atoms. The van der Waals surface area contributed by atoms with Crippen molar-refractivity contribution in [2.24, 2.45) is 0 Å². The molecule has 4 atom stereocenters. The number of hydrogen-bond donors (Lipinski definition) is 0. The number of benzene rings is 4. The van der Waals surface area contributed by atoms with E-state index < -0.39 is 10.0 Å². The third kappa shape index (κ3) is 10.4. The maximum Gasteiger partial charge on any atom is 0.230 e. The van der Waals surface area contributed by atoms with Gasteiger partial charge in [0.1, 0.15) is 6.10 Å². The van der Waals surface area contributed by atoms with Crippen molar-refractivity contribution in [3.05, 3.63) is 137 Å². The van der Waals surface area contributed by atoms with Crippen molar-refractivity contribution in [3.63, 3.8) is 0 Å². The first-order valence-corrected chi connectivity index (χ1v) is 19.4. The van der Waals surface area contributed by atoms with Gasteiger partial charge in [-0.05, 0) is 59.4 Å². The van der Waals surface area contributed by atoms with E-state index in [1.54, 1.807) is 7.05 Å². The van der Waals surface area contributed by atoms with Gasteiger partial charge >= 0.3 is 0 Å². The number of rotatable bonds is 14. The quantitative estimate of drug-likeness (QED) is 0.107. The summed E-state index contributed by atoms with van der Waals surface area (Å²) in [6.45, 7) is 2.01. The third-order valence-electron chi connectivity index (χ3n) is 9.44. The van der Waals surface area contributed by atoms with Crippen molar-refractivity contribution in [3.8, 4) is 11.8 Å². The van der Waals surface area contributed by atoms with Gasteiger partial charge in [0.2, 0.25) is 15.9 Å². The first-order valence-electron chi connectivity index (χ1n) is 17.6. The predicted molar refractivity (Wildman–Crippen MR) is 199 cm³/mol. The number of carbonyl (C=O) groups is 1. The minimum Gasteiger partial charge on any atom is -0.374 e. The molecule has 0 saturated carbocycles. The van der Waals surface area contributed by atoms with Crippen LogP contribution in [0.3, 0.4) is 0 Å². The van der Waals surface area contributed by atoms with Gasteiger partial charge in [-0.3, -0.25) is 4.79 Å². The highest BCUT2D eigenvalue weighted by molar-refractivity contribution is 7.88. The second-order valence-electron chi connectivity index (χ2n) is 13.4. The van der Waals surface area contributed by atoms with Crippen LogP contribution >= 0.6 is 0 Å². The van der Waals surface area contributed by atoms with Crippen molar-refractivity contribution in [1.82, 2.24) is 4.31 Å². The molecule has 2 heterocycles. The summed E-state index contributed by atoms with van der Waals surface area (Å²) >= 11 is 0. The van der Waals surface area contributed by atoms with Gasteiger partial charge < -0.3 is 19.1 Å². The standard InChI is InChI=1S/C42H46N2O6S/c1-43(51(2,46)47)25-9-14-32-17-22-37(23-18-32)44-41(28-42(44)45)36-20-15-33(16-21-36)19-24-38-26-39(49-30-35-12-7-4-8-13-35)27-40(50-38)31-48-29-34-10-5-3-6-11-34/h3-8,10-13,15-18,20-23,38-41H,9,14,25-31H2,1-2H3/t38?,39-,40+,41+/m1/s1. The Bertz CT molecular complexity index is 1890. The molecule has 0 spiro atoms. The zero-order valence-electron chi connectivity index (χ0n) is 29.3. The zero-order valence-corrected chi connectivity index (χ0v) is 30.1. The summed E-state index contributed by atoms with van der Waals surface area (Å²) in [5.74, 6) is 6.76. The molecule has 0 bridgehead atoms. The van der Waals surface area contributed by atoms with Crippen LogP contribution in [0.1, 0.15) is 59.5 Å². The van der Waals surface area contributed by atoms with Gasteiger partial charge in [-0.2, -0.15) is 0 Å². The highest BCUT2D eigenvalue weighted by Gasteiger charge is 2.38. The molecule has 266 valence electrons. The molecule has 2 aliphatic heterocycles. The Morgan fingerprint density at radius 3 is 2.16 bits per heavy atom. The van der Waals surface area contributed by atoms with Crippen LogP contribution in [0.2, 0.25) is 0 Å². The number of nitrogens with zero attached hydrogens (tertiary/aromatic N) is 2. The largest absolute Gasteiger partial charge is 0.374 e. The summed E-state index contributed by atoms with van der Waals surface area (Å²) in [6, 6.07) is 36.4. The summed E-state index contributed by atoms with van der Waals surface area (Å²) in [5.41, 5.74) is 6.18. The lowest BCUT2D eigenvalue weighted by atomic mass is 9.92. The number of carbonyl (C=O) groups excluding carboxylic acids is 1. The molecule has 6 rings (SSSR count). The number of hydrogen-bond acceptors (Lipinski definition) is 6. The molecule has 2 fully saturated rings. The summed E-state index contributed by atoms with van der Waals surface area (Å²) in [5, 5.41) is 0. The summed E-state index contributed by atoms with van der Waals surface area (Å²) in [6.07, 6.45) is 4.19. The van der Waals surface area contributed by atoms with Gasteiger partial charge in [-0.25, -0.2) is 12.7 Å². The van der Waals surface area contributed by atoms with Crippen LogP contribution in [-0.2, 0) is 48.7 Å². The predicted octanol–water partition coefficient (Wildman–Crippen LogP) is 6.69. The summed E-state index contributed by atoms with van der Waals surface area (Å²) < 4.78 is 43.4. The van der Waals surface area contributed by atoms with Crippen molar-refractivity contribution in [1.29, 1.82) is 0 Å². The second-order valence-corrected chi connectivity index (χ2v) is 15.5. The Balaban J connectivity index is 1.05. The van der Waals surface area contributed by atoms with E-state index in [-0.39, 0.29) is 30.3 Å². The van der Waals surface area contributed by atoms with Crippen molar-refractivity contribution >= 4 is 21.6 Å². The molecule has 1 unspecified atom stereocenters. The fourth-order valence-corrected chi connectivity index (χ4v) is 6.89. The Kier molecular flexibility index (Phi) is 12.4. The molecule has 0 aromatic heterocycles. The molecule has 8 nitrogen and oxygen atoms in total. The molecule has 0 N–H and O–H groups in total. The van der Waals surface area contributed by atoms with Crippen LogP contribution in [0.5, 0.6) is 0 Å². The summed E-state index contributed by atoms with van der Waals surface area (Å²) in [4.78, 5) is 14.6. The average Bonchev–Trinajstić information content (AvgIpc) is 3.13. The lowest BCUT2D eigenvalue weighted by Crippen LogP contribution is -2.46. The van der Waals surface area contributed by atoms with Crippen LogP contribution in [-0.4, -0.2) is 63.4 Å². The first-order chi connectivity index (χ1) is 24.7. The Labute approximate surface area is 302 Å². The van der Waals surface area contributed by atoms with Crippen molar-refractivity contribution in [2.75, 3.05) is 31.4 Å². The van der Waals surface area contributed by atoms with Crippen LogP contribution in [0, 0.1) is 11.8 Å². The highest BCUT2D eigenvalue weighted by Crippen LogP contribution is 2.39. The Morgan fingerprint density at radius 2 is 1.51 bits per heavy atom. The fraction of sp³-hybridized carbons (Fsp3) is 0.357. The molecular weight excluding hydrogens is 661 g/mol. The van der Waals surface area contributed by atoms with E-state index in [1.165, 1.54) is 10.6 Å². The average molecular weight is 707 g/mol. The smallest absolute Gasteiger partial charge is 0.230 e. The zero-order chi connectivity index (χ0) is 35.6. The van der Waals surface area contributed by atoms with Crippen molar-refractivity contribution < 1.29 is 27.4 Å². The molecule has 4 aromatic carbocycles. The van der Waals surface area contributed by atoms with Gasteiger partial charge in [0, 0.05) is 37.7 Å². The first kappa shape index (κ1) is 36.5. The lowest BCUT2D eigenvalue weighted by Gasteiger charge is -2.41. The minimum absolute atomic E-state index is 0.00346. The highest BCUT2D eigenvalue weighted by atomic mass is 32.2. The van der Waals surface area contributed by atoms with E-state index in [2.05, 4.69) is 48.2 Å². The Hall–Kier alpha value is -4.30. The molecule has 2 aliphatic rings. The van der Waals surface area contributed by atoms with Gasteiger partial charge in [-0.1, -0.05) is 96.8 Å². The van der Waals surface area contributed by atoms with E-state index >= 15 is 0 Å². The van der Waals surface area contributed by atoms with E-state index in [9.17, 15) is 13.2 Å². The SMILES string of the molecule is CN(CCCc1ccc(N2C(=O)C[C@H]2c2ccc(C#CC3C[C@@H](OCc4ccccc4)C[C@@H](COCc4ccccc4)O3)cc2)cc1)S(C)(=O)=O. The monoisotopic (exact) mass is 706 g/mol. The number of sulfonamides is 1. The molecule has 0 aliphatic carbocycles. The van der Waals surface area contributed by atoms with Crippen LogP contribution in [0.25, 0.3) is 0 Å². The third-order valence-corrected chi connectivity index (χ3v) is 10.8. The van der Waals surface area contributed by atoms with Gasteiger partial charge in [0.05, 0.1) is 50.7 Å². The van der Waals surface area contributed by atoms with Crippen LogP contribution in [0.4, 0.5) is 5.69 Å². The Morgan fingerprint density at radius 1 is 0.843 bits per heavy atom. The fourth-order valence-electron chi connectivity index (χ4n) is 6.43. The molecule has 4 aromatic rings. The van der Waals surface area contributed by atoms with E-state index in [0.717, 1.165) is 52.8 Å². The van der Waals surface area contributed by atoms with Gasteiger partial charge in [-0.15, -0.1) is 0 Å². The molecule has 9 heteroatoms. The number of amides is 1. The molecule has 2 saturated heterocycles. The maximum atomic E-state index is 12.7. The normalized spacial score (nSPS) is 20.5. The van der Waals surface area contributed by atoms with Crippen LogP contribution in [0.15, 0.2) is 109 Å². The van der Waals surface area contributed by atoms with Gasteiger partial charge in [0.15, 0.2) is 0 Å². The second kappa shape index (κ2) is 17.3. The topological polar surface area (TPSA) is 85.4 Å². The van der Waals surface area contributed by atoms with E-state index in [1.807, 2.05) is 77.7 Å². The van der Waals surface area contributed by atoms with E-state index in [4.69, 9.17) is 14.2 Å². The number of ether oxygens (including phenoxy) is 3. The molecular formula is C42H46N2O6S. The van der Waals surface area contributed by atoms with E-state index in [0.29, 0.717) is 39.2 Å². The number of anilines is 1. The van der Waals surface area contributed by atoms with Crippen LogP contribution < -0.4 is 4.90 Å². The van der Waals surface area contributed by atoms with Crippen molar-refractivity contribution in [2.45, 2.75) is 69.7 Å². The summed E-state index contributed by atoms with van der Waals surface area (Å²) in [7, 11) is -1.58.